The molecule has 0 atom stereocenters. The van der Waals surface area contributed by atoms with E-state index >= 15 is 0 Å². The van der Waals surface area contributed by atoms with Gasteiger partial charge in [0, 0.05) is 26.5 Å². The number of benzene rings is 4. The van der Waals surface area contributed by atoms with Gasteiger partial charge in [-0.2, -0.15) is 9.78 Å². The molecule has 0 unspecified atom stereocenters. The fraction of sp³-hybridized carbons (Fsp3) is 0.0645. The van der Waals surface area contributed by atoms with Crippen molar-refractivity contribution in [1.82, 2.24) is 9.66 Å². The van der Waals surface area contributed by atoms with Crippen molar-refractivity contribution in [2.24, 2.45) is 5.10 Å². The molecule has 10 heteroatoms. The third kappa shape index (κ3) is 5.46. The second-order valence-electron chi connectivity index (χ2n) is 9.05. The molecule has 6 aromatic rings. The fourth-order valence-corrected chi connectivity index (χ4v) is 4.96. The summed E-state index contributed by atoms with van der Waals surface area (Å²) in [6.07, 6.45) is 1.45. The molecule has 41 heavy (non-hydrogen) atoms. The summed E-state index contributed by atoms with van der Waals surface area (Å²) in [6, 6.07) is 23.7. The number of aromatic nitrogens is 2. The molecule has 2 heterocycles. The third-order valence-electron chi connectivity index (χ3n) is 6.33. The highest BCUT2D eigenvalue weighted by molar-refractivity contribution is 9.10. The molecular formula is C31H20BrClFN3O4. The fourth-order valence-electron chi connectivity index (χ4n) is 4.36. The quantitative estimate of drug-likeness (QED) is 0.168. The van der Waals surface area contributed by atoms with Gasteiger partial charge in [0.05, 0.1) is 24.2 Å². The first-order valence-electron chi connectivity index (χ1n) is 12.4. The molecular weight excluding hydrogens is 613 g/mol. The maximum Gasteiger partial charge on any atom is 0.282 e. The monoisotopic (exact) mass is 631 g/mol. The molecule has 6 rings (SSSR count). The SMILES string of the molecule is COc1cc(Cl)cc(C=Nn2c(-c3cc4cc(Br)ccc4o3)nc3ccccc3c2=O)c1OCc1ccc(F)cc1. The Labute approximate surface area is 246 Å². The van der Waals surface area contributed by atoms with Gasteiger partial charge in [-0.1, -0.05) is 51.8 Å². The zero-order valence-corrected chi connectivity index (χ0v) is 23.8. The van der Waals surface area contributed by atoms with E-state index in [1.165, 1.54) is 30.1 Å². The number of halogens is 3. The van der Waals surface area contributed by atoms with Crippen LogP contribution in [0.4, 0.5) is 4.39 Å². The van der Waals surface area contributed by atoms with E-state index in [0.29, 0.717) is 44.3 Å². The van der Waals surface area contributed by atoms with E-state index < -0.39 is 0 Å². The molecule has 4 aromatic carbocycles. The minimum absolute atomic E-state index is 0.135. The summed E-state index contributed by atoms with van der Waals surface area (Å²) in [5.74, 6) is 0.970. The molecule has 0 aliphatic carbocycles. The number of methoxy groups -OCH3 is 1. The van der Waals surface area contributed by atoms with E-state index in [1.54, 1.807) is 42.5 Å². The van der Waals surface area contributed by atoms with Crippen LogP contribution in [0.2, 0.25) is 5.02 Å². The Hall–Kier alpha value is -4.47. The molecule has 0 radical (unpaired) electrons. The molecule has 204 valence electrons. The first-order valence-corrected chi connectivity index (χ1v) is 13.6. The summed E-state index contributed by atoms with van der Waals surface area (Å²) in [4.78, 5) is 18.4. The lowest BCUT2D eigenvalue weighted by Gasteiger charge is -2.14. The molecule has 0 spiro atoms. The van der Waals surface area contributed by atoms with Crippen LogP contribution in [0.5, 0.6) is 11.5 Å². The molecule has 2 aromatic heterocycles. The van der Waals surface area contributed by atoms with Crippen LogP contribution in [-0.4, -0.2) is 23.0 Å². The number of hydrogen-bond donors (Lipinski definition) is 0. The maximum absolute atomic E-state index is 13.7. The number of ether oxygens (including phenoxy) is 2. The number of rotatable bonds is 7. The molecule has 0 aliphatic rings. The highest BCUT2D eigenvalue weighted by Crippen LogP contribution is 2.35. The van der Waals surface area contributed by atoms with Gasteiger partial charge in [0.1, 0.15) is 18.0 Å². The topological polar surface area (TPSA) is 78.9 Å². The number of hydrogen-bond acceptors (Lipinski definition) is 6. The van der Waals surface area contributed by atoms with Crippen LogP contribution in [-0.2, 0) is 6.61 Å². The lowest BCUT2D eigenvalue weighted by atomic mass is 10.2. The number of para-hydroxylation sites is 1. The molecule has 0 aliphatic heterocycles. The van der Waals surface area contributed by atoms with Crippen molar-refractivity contribution >= 4 is 55.6 Å². The van der Waals surface area contributed by atoms with Gasteiger partial charge in [0.2, 0.25) is 5.82 Å². The van der Waals surface area contributed by atoms with Gasteiger partial charge in [-0.25, -0.2) is 9.37 Å². The summed E-state index contributed by atoms with van der Waals surface area (Å²) in [6.45, 7) is 0.135. The number of fused-ring (bicyclic) bond motifs is 2. The Balaban J connectivity index is 1.47. The molecule has 0 amide bonds. The first-order chi connectivity index (χ1) is 19.9. The van der Waals surface area contributed by atoms with Gasteiger partial charge in [0.15, 0.2) is 17.3 Å². The molecule has 7 nitrogen and oxygen atoms in total. The molecule has 0 saturated carbocycles. The maximum atomic E-state index is 13.7. The van der Waals surface area contributed by atoms with Crippen molar-refractivity contribution in [3.8, 4) is 23.1 Å². The average molecular weight is 633 g/mol. The van der Waals surface area contributed by atoms with E-state index in [0.717, 1.165) is 15.4 Å². The lowest BCUT2D eigenvalue weighted by molar-refractivity contribution is 0.284. The van der Waals surface area contributed by atoms with Crippen molar-refractivity contribution in [2.75, 3.05) is 7.11 Å². The van der Waals surface area contributed by atoms with Crippen molar-refractivity contribution in [3.63, 3.8) is 0 Å². The number of furan rings is 1. The second-order valence-corrected chi connectivity index (χ2v) is 10.4. The highest BCUT2D eigenvalue weighted by atomic mass is 79.9. The standard InChI is InChI=1S/C31H20BrClFN3O4/c1-39-27-15-22(33)13-20(29(27)40-17-18-6-9-23(34)10-7-18)16-35-37-30(36-25-5-3-2-4-24(25)31(37)38)28-14-19-12-21(32)8-11-26(19)41-28/h2-16H,17H2,1H3. The molecule has 0 fully saturated rings. The summed E-state index contributed by atoms with van der Waals surface area (Å²) in [7, 11) is 1.49. The average Bonchev–Trinajstić information content (AvgIpc) is 3.39. The predicted molar refractivity (Wildman–Crippen MR) is 161 cm³/mol. The van der Waals surface area contributed by atoms with Crippen LogP contribution < -0.4 is 15.0 Å². The minimum Gasteiger partial charge on any atom is -0.493 e. The second kappa shape index (κ2) is 11.2. The van der Waals surface area contributed by atoms with Gasteiger partial charge in [-0.05, 0) is 60.2 Å². The largest absolute Gasteiger partial charge is 0.493 e. The zero-order chi connectivity index (χ0) is 28.5. The Kier molecular flexibility index (Phi) is 7.30. The van der Waals surface area contributed by atoms with E-state index in [2.05, 4.69) is 21.0 Å². The van der Waals surface area contributed by atoms with Gasteiger partial charge in [-0.3, -0.25) is 4.79 Å². The van der Waals surface area contributed by atoms with Crippen molar-refractivity contribution in [2.45, 2.75) is 6.61 Å². The zero-order valence-electron chi connectivity index (χ0n) is 21.5. The number of nitrogens with zero attached hydrogens (tertiary/aromatic N) is 3. The Morgan fingerprint density at radius 2 is 1.88 bits per heavy atom. The van der Waals surface area contributed by atoms with Gasteiger partial charge < -0.3 is 13.9 Å². The predicted octanol–water partition coefficient (Wildman–Crippen LogP) is 7.83. The van der Waals surface area contributed by atoms with Crippen LogP contribution in [0.15, 0.2) is 104 Å². The summed E-state index contributed by atoms with van der Waals surface area (Å²) in [5, 5.41) is 6.15. The Bertz CT molecular complexity index is 2000. The van der Waals surface area contributed by atoms with Crippen molar-refractivity contribution in [3.05, 3.63) is 122 Å². The van der Waals surface area contributed by atoms with Crippen LogP contribution in [0.3, 0.4) is 0 Å². The smallest absolute Gasteiger partial charge is 0.282 e. The van der Waals surface area contributed by atoms with E-state index in [4.69, 9.17) is 30.5 Å². The normalized spacial score (nSPS) is 11.5. The molecule has 0 saturated heterocycles. The van der Waals surface area contributed by atoms with Crippen LogP contribution in [0.25, 0.3) is 33.5 Å². The van der Waals surface area contributed by atoms with E-state index in [-0.39, 0.29) is 23.8 Å². The lowest BCUT2D eigenvalue weighted by Crippen LogP contribution is -2.20. The molecule has 0 N–H and O–H groups in total. The van der Waals surface area contributed by atoms with E-state index in [9.17, 15) is 9.18 Å². The third-order valence-corrected chi connectivity index (χ3v) is 7.04. The van der Waals surface area contributed by atoms with Gasteiger partial charge in [0.25, 0.3) is 5.56 Å². The first kappa shape index (κ1) is 26.7. The van der Waals surface area contributed by atoms with Crippen LogP contribution in [0, 0.1) is 5.82 Å². The Morgan fingerprint density at radius 1 is 1.07 bits per heavy atom. The summed E-state index contributed by atoms with van der Waals surface area (Å²) >= 11 is 9.85. The minimum atomic E-state index is -0.383. The van der Waals surface area contributed by atoms with Crippen molar-refractivity contribution in [1.29, 1.82) is 0 Å². The van der Waals surface area contributed by atoms with Crippen LogP contribution in [0.1, 0.15) is 11.1 Å². The van der Waals surface area contributed by atoms with Crippen molar-refractivity contribution < 1.29 is 18.3 Å². The summed E-state index contributed by atoms with van der Waals surface area (Å²) in [5.41, 5.74) is 1.97. The van der Waals surface area contributed by atoms with Gasteiger partial charge in [-0.15, -0.1) is 0 Å². The highest BCUT2D eigenvalue weighted by Gasteiger charge is 2.18. The van der Waals surface area contributed by atoms with Gasteiger partial charge >= 0.3 is 0 Å². The Morgan fingerprint density at radius 3 is 2.68 bits per heavy atom. The molecule has 0 bridgehead atoms. The summed E-state index contributed by atoms with van der Waals surface area (Å²) < 4.78 is 33.1. The van der Waals surface area contributed by atoms with E-state index in [1.807, 2.05) is 30.3 Å². The van der Waals surface area contributed by atoms with Crippen LogP contribution >= 0.6 is 27.5 Å².